The molecule has 7 heteroatoms. The maximum atomic E-state index is 13.7. The van der Waals surface area contributed by atoms with Crippen molar-refractivity contribution < 1.29 is 28.6 Å². The maximum absolute atomic E-state index is 13.7. The number of hydrogen-bond acceptors (Lipinski definition) is 6. The molecule has 0 aliphatic carbocycles. The van der Waals surface area contributed by atoms with E-state index in [1.54, 1.807) is 48.5 Å². The van der Waals surface area contributed by atoms with Crippen LogP contribution in [0.15, 0.2) is 30.3 Å². The van der Waals surface area contributed by atoms with Crippen LogP contribution in [-0.2, 0) is 30.2 Å². The van der Waals surface area contributed by atoms with Crippen LogP contribution in [0.1, 0.15) is 73.3 Å². The molecule has 0 N–H and O–H groups in total. The van der Waals surface area contributed by atoms with Crippen LogP contribution in [0.4, 0.5) is 4.79 Å². The van der Waals surface area contributed by atoms with Gasteiger partial charge in [0.25, 0.3) is 0 Å². The fraction of sp³-hybridized carbons (Fsp3) is 0.654. The molecule has 33 heavy (non-hydrogen) atoms. The number of amides is 1. The molecule has 1 aliphatic rings. The van der Waals surface area contributed by atoms with Crippen molar-refractivity contribution in [2.24, 2.45) is 5.92 Å². The van der Waals surface area contributed by atoms with Gasteiger partial charge in [-0.05, 0) is 66.9 Å². The van der Waals surface area contributed by atoms with Crippen LogP contribution in [0.3, 0.4) is 0 Å². The third-order valence-corrected chi connectivity index (χ3v) is 5.48. The zero-order valence-electron chi connectivity index (χ0n) is 21.1. The van der Waals surface area contributed by atoms with Crippen molar-refractivity contribution >= 4 is 18.0 Å². The normalized spacial score (nSPS) is 21.3. The summed E-state index contributed by atoms with van der Waals surface area (Å²) in [5, 5.41) is 0. The summed E-state index contributed by atoms with van der Waals surface area (Å²) in [5.41, 5.74) is -1.89. The molecule has 1 aromatic rings. The van der Waals surface area contributed by atoms with Crippen molar-refractivity contribution in [2.75, 3.05) is 13.2 Å². The Bertz CT molecular complexity index is 823. The number of ether oxygens (including phenoxy) is 3. The zero-order chi connectivity index (χ0) is 24.9. The fourth-order valence-electron chi connectivity index (χ4n) is 4.33. The largest absolute Gasteiger partial charge is 0.464 e. The Balaban J connectivity index is 2.57. The summed E-state index contributed by atoms with van der Waals surface area (Å²) >= 11 is 0. The first kappa shape index (κ1) is 26.7. The van der Waals surface area contributed by atoms with E-state index < -0.39 is 40.7 Å². The van der Waals surface area contributed by atoms with Gasteiger partial charge >= 0.3 is 18.0 Å². The average Bonchev–Trinajstić information content (AvgIpc) is 2.67. The molecule has 0 unspecified atom stereocenters. The molecule has 0 aromatic heterocycles. The number of piperidine rings is 1. The van der Waals surface area contributed by atoms with E-state index in [9.17, 15) is 14.4 Å². The molecule has 2 atom stereocenters. The SMILES string of the molecule is CCOC(=O)[C@@]1(Cc2ccccc2)[C@H](CC(=O)OC(C)(C)C)CCCN1C(=O)OC(C)(C)C. The monoisotopic (exact) mass is 461 g/mol. The number of likely N-dealkylation sites (tertiary alicyclic amines) is 1. The molecule has 1 aliphatic heterocycles. The zero-order valence-corrected chi connectivity index (χ0v) is 21.1. The molecule has 0 saturated carbocycles. The lowest BCUT2D eigenvalue weighted by molar-refractivity contribution is -0.169. The molecular weight excluding hydrogens is 422 g/mol. The second-order valence-corrected chi connectivity index (χ2v) is 10.6. The van der Waals surface area contributed by atoms with Crippen molar-refractivity contribution in [3.8, 4) is 0 Å². The Morgan fingerprint density at radius 1 is 1.00 bits per heavy atom. The summed E-state index contributed by atoms with van der Waals surface area (Å²) in [7, 11) is 0. The molecule has 0 radical (unpaired) electrons. The Kier molecular flexibility index (Phi) is 8.55. The summed E-state index contributed by atoms with van der Waals surface area (Å²) in [6.45, 7) is 13.0. The molecular formula is C26H39NO6. The van der Waals surface area contributed by atoms with Crippen molar-refractivity contribution in [1.29, 1.82) is 0 Å². The summed E-state index contributed by atoms with van der Waals surface area (Å²) in [6, 6.07) is 9.49. The first-order valence-electron chi connectivity index (χ1n) is 11.7. The first-order valence-corrected chi connectivity index (χ1v) is 11.7. The van der Waals surface area contributed by atoms with Crippen LogP contribution in [0.5, 0.6) is 0 Å². The van der Waals surface area contributed by atoms with Gasteiger partial charge in [-0.3, -0.25) is 9.69 Å². The van der Waals surface area contributed by atoms with Gasteiger partial charge in [-0.2, -0.15) is 0 Å². The van der Waals surface area contributed by atoms with Crippen molar-refractivity contribution in [3.63, 3.8) is 0 Å². The van der Waals surface area contributed by atoms with Crippen LogP contribution in [0.2, 0.25) is 0 Å². The molecule has 1 fully saturated rings. The summed E-state index contributed by atoms with van der Waals surface area (Å²) in [6.07, 6.45) is 0.870. The predicted molar refractivity (Wildman–Crippen MR) is 126 cm³/mol. The predicted octanol–water partition coefficient (Wildman–Crippen LogP) is 4.91. The van der Waals surface area contributed by atoms with E-state index in [0.717, 1.165) is 5.56 Å². The van der Waals surface area contributed by atoms with Gasteiger partial charge in [0.2, 0.25) is 0 Å². The number of carbonyl (C=O) groups excluding carboxylic acids is 3. The van der Waals surface area contributed by atoms with Crippen molar-refractivity contribution in [1.82, 2.24) is 4.90 Å². The van der Waals surface area contributed by atoms with E-state index in [1.807, 2.05) is 30.3 Å². The van der Waals surface area contributed by atoms with Gasteiger partial charge < -0.3 is 14.2 Å². The number of benzene rings is 1. The number of nitrogens with zero attached hydrogens (tertiary/aromatic N) is 1. The average molecular weight is 462 g/mol. The Morgan fingerprint density at radius 3 is 2.15 bits per heavy atom. The second-order valence-electron chi connectivity index (χ2n) is 10.6. The van der Waals surface area contributed by atoms with Crippen LogP contribution < -0.4 is 0 Å². The molecule has 1 saturated heterocycles. The minimum atomic E-state index is -1.38. The molecule has 0 bridgehead atoms. The third-order valence-electron chi connectivity index (χ3n) is 5.48. The van der Waals surface area contributed by atoms with Crippen LogP contribution in [0, 0.1) is 5.92 Å². The van der Waals surface area contributed by atoms with E-state index in [-0.39, 0.29) is 19.4 Å². The highest BCUT2D eigenvalue weighted by Crippen LogP contribution is 2.41. The minimum absolute atomic E-state index is 0.00220. The Morgan fingerprint density at radius 2 is 1.61 bits per heavy atom. The quantitative estimate of drug-likeness (QED) is 0.442. The van der Waals surface area contributed by atoms with E-state index in [2.05, 4.69) is 0 Å². The molecule has 1 aromatic carbocycles. The maximum Gasteiger partial charge on any atom is 0.411 e. The van der Waals surface area contributed by atoms with Crippen molar-refractivity contribution in [3.05, 3.63) is 35.9 Å². The molecule has 1 heterocycles. The number of esters is 2. The molecule has 184 valence electrons. The lowest BCUT2D eigenvalue weighted by atomic mass is 9.71. The van der Waals surface area contributed by atoms with Crippen molar-refractivity contribution in [2.45, 2.75) is 90.9 Å². The first-order chi connectivity index (χ1) is 15.3. The van der Waals surface area contributed by atoms with Crippen LogP contribution >= 0.6 is 0 Å². The van der Waals surface area contributed by atoms with Gasteiger partial charge in [-0.15, -0.1) is 0 Å². The van der Waals surface area contributed by atoms with E-state index in [1.165, 1.54) is 4.90 Å². The van der Waals surface area contributed by atoms with Gasteiger partial charge in [0.05, 0.1) is 13.0 Å². The van der Waals surface area contributed by atoms with Gasteiger partial charge in [0, 0.05) is 18.9 Å². The highest BCUT2D eigenvalue weighted by molar-refractivity contribution is 5.88. The van der Waals surface area contributed by atoms with Crippen LogP contribution in [0.25, 0.3) is 0 Å². The topological polar surface area (TPSA) is 82.1 Å². The number of rotatable bonds is 6. The van der Waals surface area contributed by atoms with E-state index in [0.29, 0.717) is 19.4 Å². The van der Waals surface area contributed by atoms with Gasteiger partial charge in [-0.25, -0.2) is 9.59 Å². The lowest BCUT2D eigenvalue weighted by Crippen LogP contribution is -2.66. The van der Waals surface area contributed by atoms with Gasteiger partial charge in [0.1, 0.15) is 11.2 Å². The standard InChI is InChI=1S/C26H39NO6/c1-8-31-22(29)26(18-19-13-10-9-11-14-19)20(17-21(28)32-24(2,3)4)15-12-16-27(26)23(30)33-25(5,6)7/h9-11,13-14,20H,8,12,15-18H2,1-7H3/t20-,26+/m0/s1. The molecule has 1 amide bonds. The lowest BCUT2D eigenvalue weighted by Gasteiger charge is -2.49. The van der Waals surface area contributed by atoms with E-state index >= 15 is 0 Å². The summed E-state index contributed by atoms with van der Waals surface area (Å²) < 4.78 is 16.8. The minimum Gasteiger partial charge on any atom is -0.464 e. The summed E-state index contributed by atoms with van der Waals surface area (Å²) in [5.74, 6) is -1.40. The summed E-state index contributed by atoms with van der Waals surface area (Å²) in [4.78, 5) is 41.4. The number of hydrogen-bond donors (Lipinski definition) is 0. The highest BCUT2D eigenvalue weighted by atomic mass is 16.6. The fourth-order valence-corrected chi connectivity index (χ4v) is 4.33. The Hall–Kier alpha value is -2.57. The smallest absolute Gasteiger partial charge is 0.411 e. The molecule has 7 nitrogen and oxygen atoms in total. The van der Waals surface area contributed by atoms with E-state index in [4.69, 9.17) is 14.2 Å². The highest BCUT2D eigenvalue weighted by Gasteiger charge is 2.56. The van der Waals surface area contributed by atoms with Gasteiger partial charge in [0.15, 0.2) is 5.54 Å². The second kappa shape index (κ2) is 10.6. The Labute approximate surface area is 197 Å². The molecule has 0 spiro atoms. The van der Waals surface area contributed by atoms with Crippen LogP contribution in [-0.4, -0.2) is 52.8 Å². The third kappa shape index (κ3) is 7.21. The number of carbonyl (C=O) groups is 3. The van der Waals surface area contributed by atoms with Gasteiger partial charge in [-0.1, -0.05) is 30.3 Å². The molecule has 2 rings (SSSR count).